The summed E-state index contributed by atoms with van der Waals surface area (Å²) >= 11 is 0. The van der Waals surface area contributed by atoms with Crippen molar-refractivity contribution in [2.75, 3.05) is 13.1 Å². The summed E-state index contributed by atoms with van der Waals surface area (Å²) in [4.78, 5) is 2.13. The summed E-state index contributed by atoms with van der Waals surface area (Å²) in [6.07, 6.45) is 1.69. The highest BCUT2D eigenvalue weighted by molar-refractivity contribution is 4.99. The van der Waals surface area contributed by atoms with Gasteiger partial charge in [-0.25, -0.2) is 0 Å². The molecule has 3 unspecified atom stereocenters. The third kappa shape index (κ3) is 1.26. The van der Waals surface area contributed by atoms with E-state index >= 15 is 0 Å². The van der Waals surface area contributed by atoms with Crippen LogP contribution >= 0.6 is 0 Å². The van der Waals surface area contributed by atoms with E-state index in [2.05, 4.69) is 16.8 Å². The van der Waals surface area contributed by atoms with Gasteiger partial charge in [0, 0.05) is 19.1 Å². The van der Waals surface area contributed by atoms with Crippen LogP contribution < -0.4 is 5.32 Å². The minimum atomic E-state index is -0.264. The molecule has 2 heterocycles. The fourth-order valence-electron chi connectivity index (χ4n) is 2.25. The lowest BCUT2D eigenvalue weighted by atomic mass is 10.1. The van der Waals surface area contributed by atoms with Crippen molar-refractivity contribution in [2.24, 2.45) is 5.92 Å². The van der Waals surface area contributed by atoms with E-state index < -0.39 is 0 Å². The molecule has 0 aromatic rings. The van der Waals surface area contributed by atoms with E-state index in [1.54, 1.807) is 0 Å². The van der Waals surface area contributed by atoms with Crippen LogP contribution in [0.15, 0.2) is 0 Å². The number of fused-ring (bicyclic) bond motifs is 1. The molecule has 0 aromatic carbocycles. The molecule has 0 aliphatic carbocycles. The number of rotatable bonds is 2. The number of nitrogens with one attached hydrogen (secondary N) is 1. The lowest BCUT2D eigenvalue weighted by Crippen LogP contribution is -2.39. The number of hydrogen-bond acceptors (Lipinski definition) is 3. The van der Waals surface area contributed by atoms with Gasteiger partial charge in [0.25, 0.3) is 0 Å². The average Bonchev–Trinajstić information content (AvgIpc) is 2.62. The third-order valence-corrected chi connectivity index (χ3v) is 3.02. The van der Waals surface area contributed by atoms with E-state index in [0.717, 1.165) is 31.8 Å². The van der Waals surface area contributed by atoms with Gasteiger partial charge in [-0.3, -0.25) is 4.90 Å². The Kier molecular flexibility index (Phi) is 2.35. The van der Waals surface area contributed by atoms with Crippen molar-refractivity contribution in [1.82, 2.24) is 10.2 Å². The molecule has 2 aliphatic rings. The highest BCUT2D eigenvalue weighted by atomic mass is 16.3. The van der Waals surface area contributed by atoms with Gasteiger partial charge in [-0.05, 0) is 25.3 Å². The summed E-state index contributed by atoms with van der Waals surface area (Å²) in [6, 6.07) is 0.556. The predicted octanol–water partition coefficient (Wildman–Crippen LogP) is 0.170. The summed E-state index contributed by atoms with van der Waals surface area (Å²) in [5, 5.41) is 13.0. The first kappa shape index (κ1) is 8.48. The molecule has 3 nitrogen and oxygen atoms in total. The maximum Gasteiger partial charge on any atom is 0.107 e. The summed E-state index contributed by atoms with van der Waals surface area (Å²) < 4.78 is 0. The molecule has 2 aliphatic heterocycles. The Bertz CT molecular complexity index is 163. The van der Waals surface area contributed by atoms with Crippen molar-refractivity contribution in [1.29, 1.82) is 0 Å². The molecular formula is C9H17N2O. The Morgan fingerprint density at radius 3 is 3.25 bits per heavy atom. The predicted molar refractivity (Wildman–Crippen MR) is 47.2 cm³/mol. The second-order valence-corrected chi connectivity index (χ2v) is 3.74. The zero-order valence-electron chi connectivity index (χ0n) is 7.53. The van der Waals surface area contributed by atoms with Crippen molar-refractivity contribution in [2.45, 2.75) is 32.0 Å². The van der Waals surface area contributed by atoms with E-state index in [9.17, 15) is 5.11 Å². The van der Waals surface area contributed by atoms with Gasteiger partial charge in [0.2, 0.25) is 0 Å². The summed E-state index contributed by atoms with van der Waals surface area (Å²) in [5.74, 6) is 0.742. The topological polar surface area (TPSA) is 35.5 Å². The van der Waals surface area contributed by atoms with E-state index in [1.807, 2.05) is 6.92 Å². The van der Waals surface area contributed by atoms with E-state index in [0.29, 0.717) is 6.04 Å². The van der Waals surface area contributed by atoms with Gasteiger partial charge < -0.3 is 10.4 Å². The third-order valence-electron chi connectivity index (χ3n) is 3.02. The monoisotopic (exact) mass is 169 g/mol. The van der Waals surface area contributed by atoms with Crippen molar-refractivity contribution in [3.8, 4) is 0 Å². The van der Waals surface area contributed by atoms with E-state index in [1.165, 1.54) is 0 Å². The highest BCUT2D eigenvalue weighted by Crippen LogP contribution is 2.31. The molecule has 69 valence electrons. The molecule has 2 rings (SSSR count). The van der Waals surface area contributed by atoms with E-state index in [4.69, 9.17) is 0 Å². The van der Waals surface area contributed by atoms with Crippen molar-refractivity contribution in [3.05, 3.63) is 6.54 Å². The Morgan fingerprint density at radius 1 is 1.67 bits per heavy atom. The fourth-order valence-corrected chi connectivity index (χ4v) is 2.25. The maximum absolute atomic E-state index is 9.67. The molecule has 0 spiro atoms. The number of nitrogens with zero attached hydrogens (tertiary/aromatic N) is 1. The van der Waals surface area contributed by atoms with Crippen molar-refractivity contribution >= 4 is 0 Å². The molecule has 0 aromatic heterocycles. The van der Waals surface area contributed by atoms with Crippen LogP contribution in [0.1, 0.15) is 19.8 Å². The normalized spacial score (nSPS) is 38.5. The molecule has 3 heteroatoms. The van der Waals surface area contributed by atoms with Gasteiger partial charge in [0.1, 0.15) is 6.23 Å². The van der Waals surface area contributed by atoms with Gasteiger partial charge in [-0.15, -0.1) is 0 Å². The van der Waals surface area contributed by atoms with Crippen LogP contribution in [0.2, 0.25) is 0 Å². The molecule has 2 fully saturated rings. The van der Waals surface area contributed by atoms with Gasteiger partial charge in [-0.2, -0.15) is 0 Å². The van der Waals surface area contributed by atoms with Crippen LogP contribution in [0.3, 0.4) is 0 Å². The molecule has 2 saturated heterocycles. The van der Waals surface area contributed by atoms with Gasteiger partial charge in [0.05, 0.1) is 0 Å². The van der Waals surface area contributed by atoms with Crippen molar-refractivity contribution in [3.63, 3.8) is 0 Å². The number of likely N-dealkylation sites (tertiary alicyclic amines) is 1. The second kappa shape index (κ2) is 3.32. The first-order valence-electron chi connectivity index (χ1n) is 4.82. The average molecular weight is 169 g/mol. The Hall–Kier alpha value is -0.120. The van der Waals surface area contributed by atoms with Crippen LogP contribution in [-0.2, 0) is 0 Å². The first-order chi connectivity index (χ1) is 5.83. The molecule has 2 N–H and O–H groups in total. The van der Waals surface area contributed by atoms with Crippen LogP contribution in [-0.4, -0.2) is 35.4 Å². The lowest BCUT2D eigenvalue weighted by molar-refractivity contribution is 0.00854. The standard InChI is InChI=1S/C9H17N2O/c1-2-9(12)11-4-3-7-5-10-6-8(7)11/h4,7-10,12H,2-3,5-6H2,1H3. The SMILES string of the molecule is CCC(O)N1[CH]CC2CNCC21. The quantitative estimate of drug-likeness (QED) is 0.618. The van der Waals surface area contributed by atoms with Crippen LogP contribution in [0.5, 0.6) is 0 Å². The summed E-state index contributed by atoms with van der Waals surface area (Å²) in [7, 11) is 0. The zero-order valence-corrected chi connectivity index (χ0v) is 7.53. The maximum atomic E-state index is 9.67. The largest absolute Gasteiger partial charge is 0.378 e. The molecular weight excluding hydrogens is 152 g/mol. The highest BCUT2D eigenvalue weighted by Gasteiger charge is 2.39. The second-order valence-electron chi connectivity index (χ2n) is 3.74. The van der Waals surface area contributed by atoms with Crippen LogP contribution in [0.4, 0.5) is 0 Å². The zero-order chi connectivity index (χ0) is 8.55. The first-order valence-corrected chi connectivity index (χ1v) is 4.82. The van der Waals surface area contributed by atoms with Gasteiger partial charge in [-0.1, -0.05) is 6.92 Å². The van der Waals surface area contributed by atoms with Gasteiger partial charge in [0.15, 0.2) is 0 Å². The Labute approximate surface area is 73.8 Å². The molecule has 3 atom stereocenters. The molecule has 12 heavy (non-hydrogen) atoms. The number of aliphatic hydroxyl groups is 1. The molecule has 0 bridgehead atoms. The molecule has 0 saturated carbocycles. The summed E-state index contributed by atoms with van der Waals surface area (Å²) in [6.45, 7) is 6.35. The number of aliphatic hydroxyl groups excluding tert-OH is 1. The minimum absolute atomic E-state index is 0.264. The van der Waals surface area contributed by atoms with Gasteiger partial charge >= 0.3 is 0 Å². The van der Waals surface area contributed by atoms with Crippen LogP contribution in [0.25, 0.3) is 0 Å². The summed E-state index contributed by atoms with van der Waals surface area (Å²) in [5.41, 5.74) is 0. The Balaban J connectivity index is 1.99. The Morgan fingerprint density at radius 2 is 2.50 bits per heavy atom. The van der Waals surface area contributed by atoms with Crippen LogP contribution in [0, 0.1) is 12.5 Å². The fraction of sp³-hybridized carbons (Fsp3) is 0.889. The minimum Gasteiger partial charge on any atom is -0.378 e. The number of hydrogen-bond donors (Lipinski definition) is 2. The van der Waals surface area contributed by atoms with E-state index in [-0.39, 0.29) is 6.23 Å². The lowest BCUT2D eigenvalue weighted by Gasteiger charge is -2.27. The molecule has 0 amide bonds. The smallest absolute Gasteiger partial charge is 0.107 e. The molecule has 1 radical (unpaired) electrons. The van der Waals surface area contributed by atoms with Crippen molar-refractivity contribution < 1.29 is 5.11 Å².